The molecule has 0 aliphatic carbocycles. The zero-order valence-corrected chi connectivity index (χ0v) is 17.6. The van der Waals surface area contributed by atoms with Gasteiger partial charge in [0.25, 0.3) is 5.91 Å². The molecular weight excluding hydrogens is 340 g/mol. The van der Waals surface area contributed by atoms with Crippen LogP contribution in [0, 0.1) is 13.8 Å². The molecule has 1 amide bonds. The highest BCUT2D eigenvalue weighted by molar-refractivity contribution is 5.95. The fourth-order valence-electron chi connectivity index (χ4n) is 4.24. The van der Waals surface area contributed by atoms with Gasteiger partial charge in [-0.15, -0.1) is 0 Å². The molecule has 0 spiro atoms. The highest BCUT2D eigenvalue weighted by atomic mass is 16.5. The van der Waals surface area contributed by atoms with E-state index in [1.165, 1.54) is 6.42 Å². The maximum absolute atomic E-state index is 13.1. The number of carbonyl (C=O) groups is 2. The lowest BCUT2D eigenvalue weighted by atomic mass is 9.97. The van der Waals surface area contributed by atoms with Gasteiger partial charge >= 0.3 is 5.97 Å². The molecule has 0 saturated carbocycles. The van der Waals surface area contributed by atoms with E-state index in [4.69, 9.17) is 4.74 Å². The van der Waals surface area contributed by atoms with Gasteiger partial charge in [-0.1, -0.05) is 13.8 Å². The summed E-state index contributed by atoms with van der Waals surface area (Å²) in [7, 11) is 2.21. The van der Waals surface area contributed by atoms with Crippen LogP contribution in [0.25, 0.3) is 0 Å². The SMILES string of the molecule is CCCC(=O)Oc1cc(C)c(NC(=O)C2CCCC[N+]2(C)CCC)c(C)c1. The number of anilines is 1. The van der Waals surface area contributed by atoms with E-state index >= 15 is 0 Å². The fourth-order valence-corrected chi connectivity index (χ4v) is 4.24. The summed E-state index contributed by atoms with van der Waals surface area (Å²) >= 11 is 0. The summed E-state index contributed by atoms with van der Waals surface area (Å²) in [5.41, 5.74) is 2.68. The van der Waals surface area contributed by atoms with Crippen molar-refractivity contribution in [2.45, 2.75) is 72.3 Å². The van der Waals surface area contributed by atoms with Crippen LogP contribution < -0.4 is 10.1 Å². The number of hydrogen-bond acceptors (Lipinski definition) is 3. The molecule has 0 aromatic heterocycles. The summed E-state index contributed by atoms with van der Waals surface area (Å²) in [5.74, 6) is 0.432. The smallest absolute Gasteiger partial charge is 0.311 e. The molecule has 1 aromatic carbocycles. The van der Waals surface area contributed by atoms with Crippen LogP contribution in [-0.2, 0) is 9.59 Å². The Morgan fingerprint density at radius 1 is 1.15 bits per heavy atom. The Hall–Kier alpha value is -1.88. The normalized spacial score (nSPS) is 22.3. The van der Waals surface area contributed by atoms with Crippen molar-refractivity contribution in [1.29, 1.82) is 0 Å². The summed E-state index contributed by atoms with van der Waals surface area (Å²) in [6.07, 6.45) is 5.49. The zero-order chi connectivity index (χ0) is 20.0. The van der Waals surface area contributed by atoms with Gasteiger partial charge in [0.15, 0.2) is 6.04 Å². The molecule has 1 saturated heterocycles. The molecule has 1 N–H and O–H groups in total. The topological polar surface area (TPSA) is 55.4 Å². The minimum absolute atomic E-state index is 0.000409. The van der Waals surface area contributed by atoms with Crippen molar-refractivity contribution in [3.05, 3.63) is 23.3 Å². The van der Waals surface area contributed by atoms with Crippen LogP contribution in [0.3, 0.4) is 0 Å². The van der Waals surface area contributed by atoms with Gasteiger partial charge in [0.1, 0.15) is 5.75 Å². The number of nitrogens with one attached hydrogen (secondary N) is 1. The number of nitrogens with zero attached hydrogens (tertiary/aromatic N) is 1. The largest absolute Gasteiger partial charge is 0.427 e. The molecule has 27 heavy (non-hydrogen) atoms. The van der Waals surface area contributed by atoms with Crippen LogP contribution in [0.1, 0.15) is 63.5 Å². The first kappa shape index (κ1) is 21.4. The van der Waals surface area contributed by atoms with Crippen molar-refractivity contribution < 1.29 is 18.8 Å². The predicted octanol–water partition coefficient (Wildman–Crippen LogP) is 4.36. The predicted molar refractivity (Wildman–Crippen MR) is 109 cm³/mol. The average Bonchev–Trinajstić information content (AvgIpc) is 2.58. The number of likely N-dealkylation sites (tertiary alicyclic amines) is 1. The van der Waals surface area contributed by atoms with E-state index < -0.39 is 0 Å². The van der Waals surface area contributed by atoms with E-state index in [0.29, 0.717) is 12.2 Å². The highest BCUT2D eigenvalue weighted by Gasteiger charge is 2.40. The molecule has 0 radical (unpaired) electrons. The summed E-state index contributed by atoms with van der Waals surface area (Å²) in [5, 5.41) is 3.17. The Labute approximate surface area is 163 Å². The van der Waals surface area contributed by atoms with Gasteiger partial charge in [0, 0.05) is 18.5 Å². The molecular formula is C22H35N2O3+. The number of amides is 1. The van der Waals surface area contributed by atoms with Crippen molar-refractivity contribution >= 4 is 17.6 Å². The maximum atomic E-state index is 13.1. The lowest BCUT2D eigenvalue weighted by molar-refractivity contribution is -0.929. The molecule has 5 heteroatoms. The first-order valence-electron chi connectivity index (χ1n) is 10.3. The minimum Gasteiger partial charge on any atom is -0.427 e. The van der Waals surface area contributed by atoms with Crippen LogP contribution in [0.4, 0.5) is 5.69 Å². The van der Waals surface area contributed by atoms with Crippen molar-refractivity contribution in [1.82, 2.24) is 0 Å². The molecule has 5 nitrogen and oxygen atoms in total. The second kappa shape index (κ2) is 9.36. The number of esters is 1. The second-order valence-electron chi connectivity index (χ2n) is 8.08. The number of ether oxygens (including phenoxy) is 1. The Balaban J connectivity index is 2.16. The van der Waals surface area contributed by atoms with Crippen LogP contribution in [0.15, 0.2) is 12.1 Å². The molecule has 1 fully saturated rings. The number of likely N-dealkylation sites (N-methyl/N-ethyl adjacent to an activating group) is 1. The molecule has 1 aliphatic heterocycles. The van der Waals surface area contributed by atoms with E-state index in [9.17, 15) is 9.59 Å². The third-order valence-corrected chi connectivity index (χ3v) is 5.63. The molecule has 150 valence electrons. The summed E-state index contributed by atoms with van der Waals surface area (Å²) in [6.45, 7) is 10.1. The number of benzene rings is 1. The number of quaternary nitrogens is 1. The quantitative estimate of drug-likeness (QED) is 0.438. The monoisotopic (exact) mass is 375 g/mol. The Morgan fingerprint density at radius 2 is 1.81 bits per heavy atom. The number of aryl methyl sites for hydroxylation is 2. The zero-order valence-electron chi connectivity index (χ0n) is 17.6. The highest BCUT2D eigenvalue weighted by Crippen LogP contribution is 2.29. The van der Waals surface area contributed by atoms with Crippen molar-refractivity contribution in [2.24, 2.45) is 0 Å². The third-order valence-electron chi connectivity index (χ3n) is 5.63. The fraction of sp³-hybridized carbons (Fsp3) is 0.636. The van der Waals surface area contributed by atoms with E-state index in [0.717, 1.165) is 60.1 Å². The van der Waals surface area contributed by atoms with E-state index in [-0.39, 0.29) is 17.9 Å². The van der Waals surface area contributed by atoms with Gasteiger partial charge in [0.05, 0.1) is 20.1 Å². The van der Waals surface area contributed by atoms with Gasteiger partial charge in [0.2, 0.25) is 0 Å². The second-order valence-corrected chi connectivity index (χ2v) is 8.08. The van der Waals surface area contributed by atoms with Crippen molar-refractivity contribution in [3.8, 4) is 5.75 Å². The Bertz CT molecular complexity index is 659. The molecule has 2 rings (SSSR count). The summed E-state index contributed by atoms with van der Waals surface area (Å²) < 4.78 is 6.23. The Morgan fingerprint density at radius 3 is 2.41 bits per heavy atom. The molecule has 1 aromatic rings. The molecule has 0 bridgehead atoms. The summed E-state index contributed by atoms with van der Waals surface area (Å²) in [4.78, 5) is 24.8. The van der Waals surface area contributed by atoms with Crippen LogP contribution in [0.5, 0.6) is 5.75 Å². The van der Waals surface area contributed by atoms with Gasteiger partial charge in [-0.25, -0.2) is 0 Å². The van der Waals surface area contributed by atoms with Crippen LogP contribution in [-0.4, -0.2) is 42.5 Å². The molecule has 1 aliphatic rings. The maximum Gasteiger partial charge on any atom is 0.311 e. The third kappa shape index (κ3) is 5.32. The van der Waals surface area contributed by atoms with E-state index in [1.807, 2.05) is 32.9 Å². The van der Waals surface area contributed by atoms with E-state index in [2.05, 4.69) is 19.3 Å². The van der Waals surface area contributed by atoms with Gasteiger partial charge < -0.3 is 14.5 Å². The van der Waals surface area contributed by atoms with Gasteiger partial charge in [-0.2, -0.15) is 0 Å². The number of rotatable bonds is 7. The molecule has 2 atom stereocenters. The number of hydrogen-bond donors (Lipinski definition) is 1. The van der Waals surface area contributed by atoms with Crippen LogP contribution >= 0.6 is 0 Å². The first-order chi connectivity index (χ1) is 12.8. The standard InChI is InChI=1S/C22H34N2O3/c1-6-10-20(25)27-18-14-16(3)21(17(4)15-18)23-22(26)19-11-8-9-13-24(19,5)12-7-2/h14-15,19H,6-13H2,1-5H3/p+1. The molecule has 1 heterocycles. The van der Waals surface area contributed by atoms with Crippen molar-refractivity contribution in [3.63, 3.8) is 0 Å². The number of carbonyl (C=O) groups excluding carboxylic acids is 2. The summed E-state index contributed by atoms with van der Waals surface area (Å²) in [6, 6.07) is 3.66. The minimum atomic E-state index is -0.220. The lowest BCUT2D eigenvalue weighted by Gasteiger charge is -2.43. The van der Waals surface area contributed by atoms with E-state index in [1.54, 1.807) is 0 Å². The first-order valence-corrected chi connectivity index (χ1v) is 10.3. The van der Waals surface area contributed by atoms with Crippen LogP contribution in [0.2, 0.25) is 0 Å². The lowest BCUT2D eigenvalue weighted by Crippen LogP contribution is -2.60. The number of piperidine rings is 1. The Kier molecular flexibility index (Phi) is 7.42. The van der Waals surface area contributed by atoms with Crippen molar-refractivity contribution in [2.75, 3.05) is 25.5 Å². The van der Waals surface area contributed by atoms with Gasteiger partial charge in [-0.3, -0.25) is 9.59 Å². The molecule has 2 unspecified atom stereocenters. The van der Waals surface area contributed by atoms with Gasteiger partial charge in [-0.05, 0) is 62.8 Å². The average molecular weight is 376 g/mol.